The summed E-state index contributed by atoms with van der Waals surface area (Å²) in [5.74, 6) is 1.23. The second-order valence-corrected chi connectivity index (χ2v) is 8.25. The van der Waals surface area contributed by atoms with E-state index in [1.165, 1.54) is 33.4 Å². The highest BCUT2D eigenvalue weighted by Gasteiger charge is 2.20. The Hall–Kier alpha value is -4.11. The summed E-state index contributed by atoms with van der Waals surface area (Å²) >= 11 is 0. The minimum Gasteiger partial charge on any atom is -0.261 e. The fourth-order valence-corrected chi connectivity index (χ4v) is 4.35. The van der Waals surface area contributed by atoms with Crippen molar-refractivity contribution in [3.63, 3.8) is 0 Å². The molecule has 0 atom stereocenters. The van der Waals surface area contributed by atoms with Crippen molar-refractivity contribution in [2.45, 2.75) is 19.9 Å². The minimum atomic E-state index is 0.559. The molecule has 0 bridgehead atoms. The van der Waals surface area contributed by atoms with Crippen molar-refractivity contribution in [3.05, 3.63) is 130 Å². The topological polar surface area (TPSA) is 37.1 Å². The van der Waals surface area contributed by atoms with Crippen LogP contribution in [0.3, 0.4) is 0 Å². The van der Waals surface area contributed by atoms with Crippen LogP contribution in [0.2, 0.25) is 0 Å². The van der Waals surface area contributed by atoms with Crippen molar-refractivity contribution in [1.82, 2.24) is 0 Å². The average Bonchev–Trinajstić information content (AvgIpc) is 3.24. The number of fused-ring (bicyclic) bond motifs is 3. The van der Waals surface area contributed by atoms with Gasteiger partial charge in [0, 0.05) is 11.1 Å². The fourth-order valence-electron chi connectivity index (χ4n) is 4.35. The molecule has 0 heterocycles. The van der Waals surface area contributed by atoms with E-state index in [9.17, 15) is 0 Å². The van der Waals surface area contributed by atoms with Crippen LogP contribution in [-0.4, -0.2) is 18.4 Å². The third-order valence-corrected chi connectivity index (χ3v) is 6.02. The third-order valence-electron chi connectivity index (χ3n) is 6.02. The number of hydrogen-bond donors (Lipinski definition) is 0. The van der Waals surface area contributed by atoms with Gasteiger partial charge in [0.2, 0.25) is 0 Å². The van der Waals surface area contributed by atoms with E-state index < -0.39 is 0 Å². The van der Waals surface area contributed by atoms with Crippen LogP contribution >= 0.6 is 0 Å². The van der Waals surface area contributed by atoms with Gasteiger partial charge in [-0.3, -0.25) is 4.99 Å². The van der Waals surface area contributed by atoms with Crippen LogP contribution in [0.15, 0.2) is 112 Å². The van der Waals surface area contributed by atoms with E-state index in [0.717, 1.165) is 17.5 Å². The summed E-state index contributed by atoms with van der Waals surface area (Å²) in [5.41, 5.74) is 9.82. The highest BCUT2D eigenvalue weighted by atomic mass is 15.0. The predicted octanol–water partition coefficient (Wildman–Crippen LogP) is 6.66. The molecule has 3 nitrogen and oxygen atoms in total. The van der Waals surface area contributed by atoms with Crippen molar-refractivity contribution in [3.8, 4) is 11.1 Å². The van der Waals surface area contributed by atoms with Gasteiger partial charge in [-0.05, 0) is 47.9 Å². The Kier molecular flexibility index (Phi) is 5.77. The minimum absolute atomic E-state index is 0.559. The Labute approximate surface area is 194 Å². The lowest BCUT2D eigenvalue weighted by Gasteiger charge is -2.09. The number of amidine groups is 2. The standard InChI is InChI=1S/C30H25N3/c1-21-16-17-24-19-28-25(14-9-15-26(28)27(24)18-21)20-32-30(23-12-7-4-8-13-23)33-29(31-2)22-10-5-3-6-11-22/h3-18H,2,19-20H2,1H3. The average molecular weight is 428 g/mol. The van der Waals surface area contributed by atoms with E-state index in [1.807, 2.05) is 60.7 Å². The Bertz CT molecular complexity index is 1370. The monoisotopic (exact) mass is 427 g/mol. The highest BCUT2D eigenvalue weighted by molar-refractivity contribution is 6.12. The number of rotatable bonds is 4. The SMILES string of the molecule is C=NC(=NC(=NCc1cccc2c1Cc1ccc(C)cc1-2)c1ccccc1)c1ccccc1. The zero-order chi connectivity index (χ0) is 22.6. The van der Waals surface area contributed by atoms with Crippen LogP contribution in [0.4, 0.5) is 0 Å². The maximum atomic E-state index is 4.98. The number of benzene rings is 4. The molecular formula is C30H25N3. The lowest BCUT2D eigenvalue weighted by molar-refractivity contribution is 1.03. The van der Waals surface area contributed by atoms with E-state index in [4.69, 9.17) is 9.98 Å². The van der Waals surface area contributed by atoms with Gasteiger partial charge < -0.3 is 0 Å². The van der Waals surface area contributed by atoms with E-state index in [-0.39, 0.29) is 0 Å². The predicted molar refractivity (Wildman–Crippen MR) is 139 cm³/mol. The largest absolute Gasteiger partial charge is 0.261 e. The van der Waals surface area contributed by atoms with Crippen molar-refractivity contribution in [2.24, 2.45) is 15.0 Å². The van der Waals surface area contributed by atoms with Gasteiger partial charge in [-0.2, -0.15) is 0 Å². The molecule has 0 aliphatic heterocycles. The van der Waals surface area contributed by atoms with Gasteiger partial charge >= 0.3 is 0 Å². The Morgan fingerprint density at radius 2 is 1.45 bits per heavy atom. The molecule has 0 unspecified atom stereocenters. The Morgan fingerprint density at radius 3 is 2.15 bits per heavy atom. The first-order valence-corrected chi connectivity index (χ1v) is 11.1. The van der Waals surface area contributed by atoms with Crippen LogP contribution in [0.1, 0.15) is 33.4 Å². The maximum absolute atomic E-state index is 4.98. The van der Waals surface area contributed by atoms with E-state index in [1.54, 1.807) is 0 Å². The quantitative estimate of drug-likeness (QED) is 0.227. The molecule has 4 aromatic rings. The van der Waals surface area contributed by atoms with Crippen molar-refractivity contribution in [1.29, 1.82) is 0 Å². The van der Waals surface area contributed by atoms with Crippen molar-refractivity contribution >= 4 is 18.4 Å². The molecule has 0 spiro atoms. The Morgan fingerprint density at radius 1 is 0.758 bits per heavy atom. The Balaban J connectivity index is 1.54. The van der Waals surface area contributed by atoms with Gasteiger partial charge in [0.25, 0.3) is 0 Å². The van der Waals surface area contributed by atoms with Gasteiger partial charge in [0.15, 0.2) is 11.7 Å². The smallest absolute Gasteiger partial charge is 0.161 e. The normalized spacial score (nSPS) is 12.9. The first-order valence-electron chi connectivity index (χ1n) is 11.1. The molecule has 1 aliphatic carbocycles. The van der Waals surface area contributed by atoms with Gasteiger partial charge in [-0.1, -0.05) is 103 Å². The second kappa shape index (κ2) is 9.17. The summed E-state index contributed by atoms with van der Waals surface area (Å²) in [4.78, 5) is 14.0. The molecule has 0 saturated heterocycles. The van der Waals surface area contributed by atoms with Crippen LogP contribution < -0.4 is 0 Å². The molecule has 0 aromatic heterocycles. The number of hydrogen-bond acceptors (Lipinski definition) is 1. The first-order chi connectivity index (χ1) is 16.2. The summed E-state index contributed by atoms with van der Waals surface area (Å²) in [6.45, 7) is 6.45. The van der Waals surface area contributed by atoms with Gasteiger partial charge in [0.05, 0.1) is 6.54 Å². The lowest BCUT2D eigenvalue weighted by atomic mass is 10.0. The van der Waals surface area contributed by atoms with Crippen LogP contribution in [0.25, 0.3) is 11.1 Å². The molecule has 3 heteroatoms. The van der Waals surface area contributed by atoms with Gasteiger partial charge in [0.1, 0.15) is 0 Å². The van der Waals surface area contributed by atoms with Gasteiger partial charge in [-0.15, -0.1) is 0 Å². The second-order valence-electron chi connectivity index (χ2n) is 8.25. The van der Waals surface area contributed by atoms with Crippen molar-refractivity contribution < 1.29 is 0 Å². The maximum Gasteiger partial charge on any atom is 0.161 e. The van der Waals surface area contributed by atoms with E-state index in [2.05, 4.69) is 55.0 Å². The number of nitrogens with zero attached hydrogens (tertiary/aromatic N) is 3. The summed E-state index contributed by atoms with van der Waals surface area (Å²) in [7, 11) is 0. The van der Waals surface area contributed by atoms with Crippen molar-refractivity contribution in [2.75, 3.05) is 0 Å². The lowest BCUT2D eigenvalue weighted by Crippen LogP contribution is -2.05. The van der Waals surface area contributed by atoms with Crippen LogP contribution in [-0.2, 0) is 13.0 Å². The molecule has 5 rings (SSSR count). The van der Waals surface area contributed by atoms with E-state index >= 15 is 0 Å². The number of aryl methyl sites for hydroxylation is 1. The summed E-state index contributed by atoms with van der Waals surface area (Å²) < 4.78 is 0. The zero-order valence-corrected chi connectivity index (χ0v) is 18.7. The van der Waals surface area contributed by atoms with Crippen LogP contribution in [0.5, 0.6) is 0 Å². The summed E-state index contributed by atoms with van der Waals surface area (Å²) in [6.07, 6.45) is 0.948. The highest BCUT2D eigenvalue weighted by Crippen LogP contribution is 2.39. The summed E-state index contributed by atoms with van der Waals surface area (Å²) in [5, 5.41) is 0. The molecule has 1 aliphatic rings. The molecule has 0 saturated carbocycles. The molecule has 0 fully saturated rings. The molecule has 0 N–H and O–H groups in total. The molecular weight excluding hydrogens is 402 g/mol. The first kappa shape index (κ1) is 20.8. The van der Waals surface area contributed by atoms with E-state index in [0.29, 0.717) is 18.2 Å². The van der Waals surface area contributed by atoms with Gasteiger partial charge in [-0.25, -0.2) is 9.98 Å². The molecule has 0 radical (unpaired) electrons. The van der Waals surface area contributed by atoms with Crippen LogP contribution in [0, 0.1) is 6.92 Å². The third kappa shape index (κ3) is 4.31. The number of aliphatic imine (C=N–C) groups is 3. The molecule has 0 amide bonds. The molecule has 33 heavy (non-hydrogen) atoms. The molecule has 160 valence electrons. The fraction of sp³-hybridized carbons (Fsp3) is 0.100. The zero-order valence-electron chi connectivity index (χ0n) is 18.7. The summed E-state index contributed by atoms with van der Waals surface area (Å²) in [6, 6.07) is 33.2. The molecule has 4 aromatic carbocycles.